The monoisotopic (exact) mass is 414 g/mol. The smallest absolute Gasteiger partial charge is 0.227 e. The summed E-state index contributed by atoms with van der Waals surface area (Å²) in [4.78, 5) is 36.6. The van der Waals surface area contributed by atoms with Crippen molar-refractivity contribution in [2.24, 2.45) is 11.3 Å². The van der Waals surface area contributed by atoms with E-state index in [9.17, 15) is 9.59 Å². The molecule has 0 bridgehead atoms. The van der Waals surface area contributed by atoms with Crippen molar-refractivity contribution in [2.45, 2.75) is 58.9 Å². The average Bonchev–Trinajstić information content (AvgIpc) is 2.76. The summed E-state index contributed by atoms with van der Waals surface area (Å²) in [5.74, 6) is 0.314. The molecule has 166 valence electrons. The molecule has 2 amide bonds. The predicted molar refractivity (Wildman–Crippen MR) is 119 cm³/mol. The number of carbonyl (C=O) groups excluding carboxylic acids is 2. The van der Waals surface area contributed by atoms with Crippen LogP contribution in [0.15, 0.2) is 24.4 Å². The van der Waals surface area contributed by atoms with Gasteiger partial charge in [0.15, 0.2) is 0 Å². The number of carbonyl (C=O) groups is 2. The second-order valence-electron chi connectivity index (χ2n) is 9.93. The fraction of sp³-hybridized carbons (Fsp3) is 0.708. The van der Waals surface area contributed by atoms with Crippen molar-refractivity contribution in [1.29, 1.82) is 0 Å². The molecule has 0 aromatic carbocycles. The van der Waals surface area contributed by atoms with Gasteiger partial charge in [0.1, 0.15) is 0 Å². The molecule has 0 saturated carbocycles. The van der Waals surface area contributed by atoms with E-state index in [1.165, 1.54) is 0 Å². The van der Waals surface area contributed by atoms with Crippen molar-refractivity contribution in [3.8, 4) is 0 Å². The van der Waals surface area contributed by atoms with E-state index in [1.807, 2.05) is 55.9 Å². The Kier molecular flexibility index (Phi) is 7.50. The number of rotatable bonds is 5. The average molecular weight is 415 g/mol. The Balaban J connectivity index is 1.46. The summed E-state index contributed by atoms with van der Waals surface area (Å²) in [5.41, 5.74) is 0.748. The highest BCUT2D eigenvalue weighted by Gasteiger charge is 2.36. The zero-order valence-electron chi connectivity index (χ0n) is 19.1. The molecule has 1 aromatic heterocycles. The van der Waals surface area contributed by atoms with E-state index in [4.69, 9.17) is 0 Å². The molecule has 30 heavy (non-hydrogen) atoms. The first-order valence-corrected chi connectivity index (χ1v) is 11.4. The summed E-state index contributed by atoms with van der Waals surface area (Å²) >= 11 is 0. The molecule has 1 atom stereocenters. The van der Waals surface area contributed by atoms with Crippen molar-refractivity contribution < 1.29 is 9.59 Å². The lowest BCUT2D eigenvalue weighted by Gasteiger charge is -2.40. The fourth-order valence-electron chi connectivity index (χ4n) is 4.65. The summed E-state index contributed by atoms with van der Waals surface area (Å²) < 4.78 is 0. The molecular weight excluding hydrogens is 376 g/mol. The van der Waals surface area contributed by atoms with Gasteiger partial charge in [-0.2, -0.15) is 0 Å². The van der Waals surface area contributed by atoms with Crippen molar-refractivity contribution >= 4 is 11.8 Å². The fourth-order valence-corrected chi connectivity index (χ4v) is 4.65. The van der Waals surface area contributed by atoms with Gasteiger partial charge < -0.3 is 14.7 Å². The second kappa shape index (κ2) is 9.90. The van der Waals surface area contributed by atoms with Crippen molar-refractivity contribution in [3.63, 3.8) is 0 Å². The molecule has 6 heteroatoms. The second-order valence-corrected chi connectivity index (χ2v) is 9.93. The highest BCUT2D eigenvalue weighted by Crippen LogP contribution is 2.26. The lowest BCUT2D eigenvalue weighted by atomic mass is 9.90. The summed E-state index contributed by atoms with van der Waals surface area (Å²) in [6.45, 7) is 10.3. The van der Waals surface area contributed by atoms with E-state index >= 15 is 0 Å². The van der Waals surface area contributed by atoms with E-state index in [1.54, 1.807) is 0 Å². The van der Waals surface area contributed by atoms with Gasteiger partial charge in [-0.1, -0.05) is 26.8 Å². The van der Waals surface area contributed by atoms with Gasteiger partial charge in [-0.15, -0.1) is 0 Å². The van der Waals surface area contributed by atoms with Gasteiger partial charge in [0.25, 0.3) is 0 Å². The maximum Gasteiger partial charge on any atom is 0.227 e. The van der Waals surface area contributed by atoms with Crippen LogP contribution in [0.4, 0.5) is 0 Å². The molecule has 3 heterocycles. The topological polar surface area (TPSA) is 56.8 Å². The molecular formula is C24H38N4O2. The van der Waals surface area contributed by atoms with Gasteiger partial charge in [0.2, 0.25) is 11.8 Å². The van der Waals surface area contributed by atoms with Crippen LogP contribution >= 0.6 is 0 Å². The number of likely N-dealkylation sites (tertiary alicyclic amines) is 2. The Morgan fingerprint density at radius 1 is 1.13 bits per heavy atom. The van der Waals surface area contributed by atoms with Crippen LogP contribution in [0.2, 0.25) is 0 Å². The predicted octanol–water partition coefficient (Wildman–Crippen LogP) is 2.83. The van der Waals surface area contributed by atoms with Crippen LogP contribution in [0.25, 0.3) is 0 Å². The van der Waals surface area contributed by atoms with Crippen LogP contribution in [-0.2, 0) is 16.0 Å². The minimum absolute atomic E-state index is 0.0581. The molecule has 1 unspecified atom stereocenters. The van der Waals surface area contributed by atoms with Gasteiger partial charge in [0, 0.05) is 69.5 Å². The van der Waals surface area contributed by atoms with Crippen LogP contribution in [0.3, 0.4) is 0 Å². The van der Waals surface area contributed by atoms with Crippen molar-refractivity contribution in [3.05, 3.63) is 30.1 Å². The van der Waals surface area contributed by atoms with Crippen LogP contribution in [0, 0.1) is 11.3 Å². The number of nitrogens with zero attached hydrogens (tertiary/aromatic N) is 4. The van der Waals surface area contributed by atoms with E-state index in [0.29, 0.717) is 12.6 Å². The van der Waals surface area contributed by atoms with E-state index in [2.05, 4.69) is 16.0 Å². The Bertz CT molecular complexity index is 708. The highest BCUT2D eigenvalue weighted by molar-refractivity contribution is 5.84. The van der Waals surface area contributed by atoms with Crippen molar-refractivity contribution in [2.75, 3.05) is 39.8 Å². The zero-order valence-corrected chi connectivity index (χ0v) is 19.1. The number of aromatic nitrogens is 1. The Morgan fingerprint density at radius 3 is 2.50 bits per heavy atom. The molecule has 6 nitrogen and oxygen atoms in total. The van der Waals surface area contributed by atoms with E-state index in [0.717, 1.165) is 64.0 Å². The Morgan fingerprint density at radius 2 is 1.87 bits per heavy atom. The largest absolute Gasteiger partial charge is 0.342 e. The molecule has 0 spiro atoms. The molecule has 2 fully saturated rings. The minimum Gasteiger partial charge on any atom is -0.342 e. The number of piperidine rings is 2. The first kappa shape index (κ1) is 22.7. The molecule has 0 N–H and O–H groups in total. The van der Waals surface area contributed by atoms with Crippen LogP contribution in [0.1, 0.15) is 52.1 Å². The van der Waals surface area contributed by atoms with E-state index in [-0.39, 0.29) is 23.1 Å². The highest BCUT2D eigenvalue weighted by atomic mass is 16.2. The molecule has 2 aliphatic rings. The minimum atomic E-state index is -0.390. The summed E-state index contributed by atoms with van der Waals surface area (Å²) in [6, 6.07) is 6.37. The molecule has 0 radical (unpaired) electrons. The number of hydrogen-bond donors (Lipinski definition) is 0. The summed E-state index contributed by atoms with van der Waals surface area (Å²) in [6.07, 6.45) is 6.66. The Hall–Kier alpha value is -1.95. The van der Waals surface area contributed by atoms with E-state index < -0.39 is 0 Å². The van der Waals surface area contributed by atoms with Gasteiger partial charge in [-0.3, -0.25) is 14.6 Å². The number of hydrogen-bond acceptors (Lipinski definition) is 4. The maximum absolute atomic E-state index is 13.2. The molecule has 2 aliphatic heterocycles. The zero-order chi connectivity index (χ0) is 21.7. The summed E-state index contributed by atoms with van der Waals surface area (Å²) in [7, 11) is 1.96. The maximum atomic E-state index is 13.2. The molecule has 2 saturated heterocycles. The Labute approximate surface area is 181 Å². The third kappa shape index (κ3) is 5.81. The van der Waals surface area contributed by atoms with Crippen LogP contribution < -0.4 is 0 Å². The quantitative estimate of drug-likeness (QED) is 0.743. The number of pyridine rings is 1. The SMILES string of the molecule is CN(C(=O)C1CCCN(C(=O)C(C)(C)C)C1)C1CCN(CCc2ccccn2)CC1. The first-order chi connectivity index (χ1) is 14.3. The van der Waals surface area contributed by atoms with Gasteiger partial charge >= 0.3 is 0 Å². The lowest BCUT2D eigenvalue weighted by molar-refractivity contribution is -0.146. The first-order valence-electron chi connectivity index (χ1n) is 11.4. The van der Waals surface area contributed by atoms with Gasteiger partial charge in [-0.25, -0.2) is 0 Å². The molecule has 1 aromatic rings. The van der Waals surface area contributed by atoms with Gasteiger partial charge in [-0.05, 0) is 37.8 Å². The lowest BCUT2D eigenvalue weighted by Crippen LogP contribution is -2.52. The summed E-state index contributed by atoms with van der Waals surface area (Å²) in [5, 5.41) is 0. The third-order valence-corrected chi connectivity index (χ3v) is 6.56. The normalized spacial score (nSPS) is 21.5. The van der Waals surface area contributed by atoms with Crippen LogP contribution in [0.5, 0.6) is 0 Å². The third-order valence-electron chi connectivity index (χ3n) is 6.56. The van der Waals surface area contributed by atoms with Crippen LogP contribution in [-0.4, -0.2) is 77.3 Å². The number of amides is 2. The molecule has 0 aliphatic carbocycles. The molecule has 3 rings (SSSR count). The van der Waals surface area contributed by atoms with Crippen molar-refractivity contribution in [1.82, 2.24) is 19.7 Å². The standard InChI is InChI=1S/C24H38N4O2/c1-24(2,3)23(30)28-14-7-8-19(18-28)22(29)26(4)21-11-16-27(17-12-21)15-10-20-9-5-6-13-25-20/h5-6,9,13,19,21H,7-8,10-12,14-18H2,1-4H3. The van der Waals surface area contributed by atoms with Gasteiger partial charge in [0.05, 0.1) is 5.92 Å².